The summed E-state index contributed by atoms with van der Waals surface area (Å²) < 4.78 is 1.41. The lowest BCUT2D eigenvalue weighted by Gasteiger charge is -2.18. The molecular weight excluding hydrogens is 214 g/mol. The largest absolute Gasteiger partial charge is 0.480 e. The molecule has 1 atom stereocenters. The standard InChI is InChI=1S/C10H13NO3S/c1-6-2-3-7-8(4-6)15-10(14)11(7)5-9(12)13/h6H,2-5H2,1H3,(H,12,13). The van der Waals surface area contributed by atoms with Crippen LogP contribution in [0.15, 0.2) is 4.79 Å². The van der Waals surface area contributed by atoms with Gasteiger partial charge in [-0.15, -0.1) is 0 Å². The molecule has 1 unspecified atom stereocenters. The topological polar surface area (TPSA) is 59.3 Å². The molecule has 0 aliphatic heterocycles. The van der Waals surface area contributed by atoms with E-state index in [4.69, 9.17) is 5.11 Å². The number of fused-ring (bicyclic) bond motifs is 1. The maximum Gasteiger partial charge on any atom is 0.323 e. The summed E-state index contributed by atoms with van der Waals surface area (Å²) in [4.78, 5) is 23.1. The summed E-state index contributed by atoms with van der Waals surface area (Å²) in [5.41, 5.74) is 0.950. The Kier molecular flexibility index (Phi) is 2.65. The van der Waals surface area contributed by atoms with Gasteiger partial charge in [0.15, 0.2) is 0 Å². The van der Waals surface area contributed by atoms with Gasteiger partial charge in [-0.25, -0.2) is 0 Å². The Balaban J connectivity index is 2.39. The molecule has 0 bridgehead atoms. The van der Waals surface area contributed by atoms with E-state index in [-0.39, 0.29) is 11.4 Å². The minimum absolute atomic E-state index is 0.128. The average molecular weight is 227 g/mol. The fourth-order valence-corrected chi connectivity index (χ4v) is 3.20. The molecule has 1 N–H and O–H groups in total. The minimum atomic E-state index is -0.948. The van der Waals surface area contributed by atoms with E-state index in [9.17, 15) is 9.59 Å². The number of aromatic nitrogens is 1. The van der Waals surface area contributed by atoms with Gasteiger partial charge >= 0.3 is 10.8 Å². The molecule has 0 saturated heterocycles. The van der Waals surface area contributed by atoms with Crippen LogP contribution < -0.4 is 4.87 Å². The van der Waals surface area contributed by atoms with Crippen molar-refractivity contribution < 1.29 is 9.90 Å². The summed E-state index contributed by atoms with van der Waals surface area (Å²) >= 11 is 1.21. The van der Waals surface area contributed by atoms with Gasteiger partial charge in [-0.2, -0.15) is 0 Å². The Morgan fingerprint density at radius 3 is 3.07 bits per heavy atom. The zero-order valence-corrected chi connectivity index (χ0v) is 9.34. The van der Waals surface area contributed by atoms with Crippen molar-refractivity contribution >= 4 is 17.3 Å². The third kappa shape index (κ3) is 1.97. The summed E-state index contributed by atoms with van der Waals surface area (Å²) in [6.45, 7) is 1.97. The highest BCUT2D eigenvalue weighted by molar-refractivity contribution is 7.09. The van der Waals surface area contributed by atoms with E-state index in [1.807, 2.05) is 0 Å². The Bertz CT molecular complexity index is 446. The van der Waals surface area contributed by atoms with Crippen LogP contribution in [0, 0.1) is 5.92 Å². The van der Waals surface area contributed by atoms with Crippen LogP contribution in [0.3, 0.4) is 0 Å². The molecule has 0 fully saturated rings. The molecule has 1 aromatic heterocycles. The highest BCUT2D eigenvalue weighted by Gasteiger charge is 2.22. The van der Waals surface area contributed by atoms with Crippen molar-refractivity contribution in [2.45, 2.75) is 32.7 Å². The Morgan fingerprint density at radius 2 is 2.40 bits per heavy atom. The summed E-state index contributed by atoms with van der Waals surface area (Å²) in [7, 11) is 0. The van der Waals surface area contributed by atoms with E-state index >= 15 is 0 Å². The van der Waals surface area contributed by atoms with Crippen LogP contribution in [0.4, 0.5) is 0 Å². The van der Waals surface area contributed by atoms with Gasteiger partial charge in [-0.1, -0.05) is 18.3 Å². The highest BCUT2D eigenvalue weighted by atomic mass is 32.1. The second-order valence-corrected chi connectivity index (χ2v) is 5.11. The van der Waals surface area contributed by atoms with Gasteiger partial charge in [0.2, 0.25) is 0 Å². The Hall–Kier alpha value is -1.10. The number of aliphatic carboxylic acids is 1. The van der Waals surface area contributed by atoms with Crippen molar-refractivity contribution in [1.82, 2.24) is 4.57 Å². The van der Waals surface area contributed by atoms with Crippen molar-refractivity contribution in [3.8, 4) is 0 Å². The summed E-state index contributed by atoms with van der Waals surface area (Å²) in [6.07, 6.45) is 2.80. The van der Waals surface area contributed by atoms with Crippen molar-refractivity contribution in [3.05, 3.63) is 20.2 Å². The second kappa shape index (κ2) is 3.81. The van der Waals surface area contributed by atoms with E-state index < -0.39 is 5.97 Å². The predicted octanol–water partition coefficient (Wildman–Crippen LogP) is 1.12. The van der Waals surface area contributed by atoms with Crippen LogP contribution in [0.25, 0.3) is 0 Å². The fourth-order valence-electron chi connectivity index (χ4n) is 2.01. The lowest BCUT2D eigenvalue weighted by atomic mass is 9.93. The van der Waals surface area contributed by atoms with Gasteiger partial charge in [0, 0.05) is 10.6 Å². The van der Waals surface area contributed by atoms with E-state index in [1.165, 1.54) is 15.9 Å². The van der Waals surface area contributed by atoms with Gasteiger partial charge in [-0.3, -0.25) is 14.2 Å². The summed E-state index contributed by atoms with van der Waals surface area (Å²) in [5.74, 6) is -0.342. The smallest absolute Gasteiger partial charge is 0.323 e. The molecule has 1 aliphatic rings. The van der Waals surface area contributed by atoms with Crippen molar-refractivity contribution in [2.24, 2.45) is 5.92 Å². The summed E-state index contributed by atoms with van der Waals surface area (Å²) in [6, 6.07) is 0. The first kappa shape index (κ1) is 10.4. The molecule has 1 aliphatic carbocycles. The van der Waals surface area contributed by atoms with Crippen molar-refractivity contribution in [3.63, 3.8) is 0 Å². The van der Waals surface area contributed by atoms with Gasteiger partial charge in [-0.05, 0) is 25.2 Å². The van der Waals surface area contributed by atoms with Crippen molar-refractivity contribution in [1.29, 1.82) is 0 Å². The maximum atomic E-state index is 11.6. The monoisotopic (exact) mass is 227 g/mol. The zero-order valence-electron chi connectivity index (χ0n) is 8.52. The van der Waals surface area contributed by atoms with Crippen LogP contribution in [-0.4, -0.2) is 15.6 Å². The molecule has 1 heterocycles. The number of carbonyl (C=O) groups is 1. The molecule has 15 heavy (non-hydrogen) atoms. The third-order valence-electron chi connectivity index (χ3n) is 2.78. The van der Waals surface area contributed by atoms with Crippen LogP contribution in [0.5, 0.6) is 0 Å². The van der Waals surface area contributed by atoms with Crippen molar-refractivity contribution in [2.75, 3.05) is 0 Å². The number of nitrogens with zero attached hydrogens (tertiary/aromatic N) is 1. The summed E-state index contributed by atoms with van der Waals surface area (Å²) in [5, 5.41) is 8.71. The molecule has 2 rings (SSSR count). The lowest BCUT2D eigenvalue weighted by molar-refractivity contribution is -0.137. The molecule has 0 aromatic carbocycles. The number of thiazole rings is 1. The minimum Gasteiger partial charge on any atom is -0.480 e. The molecule has 0 radical (unpaired) electrons. The molecule has 0 spiro atoms. The first-order valence-corrected chi connectivity index (χ1v) is 5.82. The van der Waals surface area contributed by atoms with Crippen LogP contribution in [0.2, 0.25) is 0 Å². The van der Waals surface area contributed by atoms with Crippen LogP contribution in [0.1, 0.15) is 23.9 Å². The second-order valence-electron chi connectivity index (χ2n) is 4.07. The Labute approximate surface area is 91.2 Å². The molecule has 1 aromatic rings. The van der Waals surface area contributed by atoms with Crippen LogP contribution in [-0.2, 0) is 24.2 Å². The maximum absolute atomic E-state index is 11.6. The van der Waals surface area contributed by atoms with E-state index in [0.717, 1.165) is 29.8 Å². The third-order valence-corrected chi connectivity index (χ3v) is 3.82. The first-order chi connectivity index (χ1) is 7.08. The zero-order chi connectivity index (χ0) is 11.0. The average Bonchev–Trinajstić information content (AvgIpc) is 2.41. The normalized spacial score (nSPS) is 19.9. The lowest BCUT2D eigenvalue weighted by Crippen LogP contribution is -2.23. The predicted molar refractivity (Wildman–Crippen MR) is 57.4 cm³/mol. The van der Waals surface area contributed by atoms with Gasteiger partial charge in [0.05, 0.1) is 0 Å². The number of carboxylic acids is 1. The molecule has 4 nitrogen and oxygen atoms in total. The molecule has 82 valence electrons. The Morgan fingerprint density at radius 1 is 1.67 bits per heavy atom. The van der Waals surface area contributed by atoms with Crippen LogP contribution >= 0.6 is 11.3 Å². The quantitative estimate of drug-likeness (QED) is 0.823. The molecular formula is C10H13NO3S. The number of hydrogen-bond donors (Lipinski definition) is 1. The number of rotatable bonds is 2. The number of hydrogen-bond acceptors (Lipinski definition) is 3. The van der Waals surface area contributed by atoms with Gasteiger partial charge < -0.3 is 5.11 Å². The molecule has 5 heteroatoms. The number of carboxylic acid groups (broad SMARTS) is 1. The van der Waals surface area contributed by atoms with E-state index in [2.05, 4.69) is 6.92 Å². The highest BCUT2D eigenvalue weighted by Crippen LogP contribution is 2.27. The van der Waals surface area contributed by atoms with Gasteiger partial charge in [0.25, 0.3) is 0 Å². The van der Waals surface area contributed by atoms with Gasteiger partial charge in [0.1, 0.15) is 6.54 Å². The fraction of sp³-hybridized carbons (Fsp3) is 0.600. The van der Waals surface area contributed by atoms with E-state index in [1.54, 1.807) is 0 Å². The SMILES string of the molecule is CC1CCc2c(sc(=O)n2CC(=O)O)C1. The molecule has 0 saturated carbocycles. The van der Waals surface area contributed by atoms with E-state index in [0.29, 0.717) is 5.92 Å². The first-order valence-electron chi connectivity index (χ1n) is 5.01. The molecule has 0 amide bonds.